The molecule has 0 spiro atoms. The molecule has 3 aromatic rings. The minimum absolute atomic E-state index is 0.146. The van der Waals surface area contributed by atoms with Gasteiger partial charge in [0.25, 0.3) is 0 Å². The Bertz CT molecular complexity index is 1040. The molecule has 0 saturated heterocycles. The lowest BCUT2D eigenvalue weighted by Crippen LogP contribution is -2.09. The van der Waals surface area contributed by atoms with Gasteiger partial charge in [0.15, 0.2) is 6.61 Å². The van der Waals surface area contributed by atoms with Crippen molar-refractivity contribution in [1.29, 1.82) is 0 Å². The molecule has 5 heteroatoms. The van der Waals surface area contributed by atoms with Crippen LogP contribution < -0.4 is 9.47 Å². The van der Waals surface area contributed by atoms with Crippen molar-refractivity contribution in [1.82, 2.24) is 0 Å². The summed E-state index contributed by atoms with van der Waals surface area (Å²) in [5.41, 5.74) is 5.17. The summed E-state index contributed by atoms with van der Waals surface area (Å²) in [6, 6.07) is 21.3. The molecule has 0 radical (unpaired) electrons. The van der Waals surface area contributed by atoms with Crippen molar-refractivity contribution >= 4 is 17.9 Å². The number of aliphatic carboxylic acids is 1. The number of ether oxygens (including phenoxy) is 2. The lowest BCUT2D eigenvalue weighted by atomic mass is 9.99. The fourth-order valence-electron chi connectivity index (χ4n) is 3.01. The van der Waals surface area contributed by atoms with E-state index < -0.39 is 5.97 Å². The molecule has 5 nitrogen and oxygen atoms in total. The first-order valence-electron chi connectivity index (χ1n) is 9.77. The summed E-state index contributed by atoms with van der Waals surface area (Å²) in [6.45, 7) is 5.75. The monoisotopic (exact) mass is 403 g/mol. The smallest absolute Gasteiger partial charge is 0.341 e. The van der Waals surface area contributed by atoms with Crippen LogP contribution in [0.2, 0.25) is 0 Å². The van der Waals surface area contributed by atoms with Gasteiger partial charge in [-0.25, -0.2) is 4.79 Å². The molecule has 0 aliphatic rings. The molecule has 0 aliphatic carbocycles. The van der Waals surface area contributed by atoms with Crippen molar-refractivity contribution in [2.75, 3.05) is 6.61 Å². The highest BCUT2D eigenvalue weighted by molar-refractivity contribution is 5.85. The Kier molecular flexibility index (Phi) is 6.86. The predicted octanol–water partition coefficient (Wildman–Crippen LogP) is 5.66. The van der Waals surface area contributed by atoms with Crippen LogP contribution in [-0.2, 0) is 4.79 Å². The zero-order chi connectivity index (χ0) is 21.5. The maximum atomic E-state index is 10.6. The van der Waals surface area contributed by atoms with Crippen LogP contribution in [0, 0.1) is 6.92 Å². The lowest BCUT2D eigenvalue weighted by molar-refractivity contribution is -0.139. The highest BCUT2D eigenvalue weighted by atomic mass is 16.5. The molecule has 0 unspecified atom stereocenters. The molecule has 0 fully saturated rings. The fourth-order valence-corrected chi connectivity index (χ4v) is 3.01. The number of nitrogens with zero attached hydrogens (tertiary/aromatic N) is 1. The molecule has 0 heterocycles. The van der Waals surface area contributed by atoms with Gasteiger partial charge in [-0.2, -0.15) is 0 Å². The highest BCUT2D eigenvalue weighted by Gasteiger charge is 2.06. The zero-order valence-electron chi connectivity index (χ0n) is 17.3. The van der Waals surface area contributed by atoms with Crippen LogP contribution in [0.15, 0.2) is 71.7 Å². The van der Waals surface area contributed by atoms with Crippen molar-refractivity contribution in [3.63, 3.8) is 0 Å². The third-order valence-electron chi connectivity index (χ3n) is 4.33. The van der Waals surface area contributed by atoms with Crippen LogP contribution in [0.3, 0.4) is 0 Å². The van der Waals surface area contributed by atoms with Crippen molar-refractivity contribution in [3.8, 4) is 22.6 Å². The summed E-state index contributed by atoms with van der Waals surface area (Å²) in [7, 11) is 0. The Labute approximate surface area is 176 Å². The van der Waals surface area contributed by atoms with Gasteiger partial charge in [-0.1, -0.05) is 24.3 Å². The second-order valence-corrected chi connectivity index (χ2v) is 7.20. The van der Waals surface area contributed by atoms with Gasteiger partial charge in [0.1, 0.15) is 11.5 Å². The van der Waals surface area contributed by atoms with Gasteiger partial charge >= 0.3 is 5.97 Å². The molecule has 0 saturated carbocycles. The van der Waals surface area contributed by atoms with E-state index in [4.69, 9.17) is 14.6 Å². The van der Waals surface area contributed by atoms with Crippen molar-refractivity contribution in [3.05, 3.63) is 77.9 Å². The number of rotatable bonds is 8. The van der Waals surface area contributed by atoms with Crippen molar-refractivity contribution in [2.45, 2.75) is 26.9 Å². The van der Waals surface area contributed by atoms with E-state index in [1.54, 1.807) is 24.3 Å². The van der Waals surface area contributed by atoms with Crippen LogP contribution in [-0.4, -0.2) is 30.0 Å². The van der Waals surface area contributed by atoms with Crippen molar-refractivity contribution in [2.24, 2.45) is 4.99 Å². The first-order chi connectivity index (χ1) is 14.4. The quantitative estimate of drug-likeness (QED) is 0.493. The molecule has 0 aliphatic heterocycles. The summed E-state index contributed by atoms with van der Waals surface area (Å²) in [6.07, 6.45) is 1.95. The van der Waals surface area contributed by atoms with E-state index in [1.165, 1.54) is 0 Å². The van der Waals surface area contributed by atoms with Gasteiger partial charge in [0.2, 0.25) is 0 Å². The zero-order valence-corrected chi connectivity index (χ0v) is 17.3. The number of carbonyl (C=O) groups is 1. The predicted molar refractivity (Wildman–Crippen MR) is 119 cm³/mol. The number of hydrogen-bond donors (Lipinski definition) is 1. The summed E-state index contributed by atoms with van der Waals surface area (Å²) < 4.78 is 10.9. The van der Waals surface area contributed by atoms with Crippen LogP contribution in [0.4, 0.5) is 5.69 Å². The maximum absolute atomic E-state index is 10.6. The summed E-state index contributed by atoms with van der Waals surface area (Å²) in [4.78, 5) is 15.1. The minimum atomic E-state index is -1.01. The third kappa shape index (κ3) is 5.95. The molecular formula is C25H25NO4. The third-order valence-corrected chi connectivity index (χ3v) is 4.33. The van der Waals surface area contributed by atoms with Gasteiger partial charge in [-0.15, -0.1) is 0 Å². The Morgan fingerprint density at radius 1 is 1.03 bits per heavy atom. The normalized spacial score (nSPS) is 11.1. The molecule has 0 amide bonds. The molecule has 0 atom stereocenters. The van der Waals surface area contributed by atoms with Gasteiger partial charge in [-0.3, -0.25) is 4.99 Å². The second kappa shape index (κ2) is 9.74. The topological polar surface area (TPSA) is 68.1 Å². The van der Waals surface area contributed by atoms with Gasteiger partial charge in [0, 0.05) is 6.21 Å². The SMILES string of the molecule is Cc1cc(OC(C)C)ccc1-c1cccc(C=Nc2ccc(OCC(=O)O)cc2)c1. The molecule has 3 rings (SSSR count). The summed E-state index contributed by atoms with van der Waals surface area (Å²) in [5.74, 6) is 0.368. The summed E-state index contributed by atoms with van der Waals surface area (Å²) in [5, 5.41) is 8.65. The van der Waals surface area contributed by atoms with Gasteiger partial charge in [0.05, 0.1) is 11.8 Å². The number of benzene rings is 3. The number of aryl methyl sites for hydroxylation is 1. The molecule has 3 aromatic carbocycles. The van der Waals surface area contributed by atoms with E-state index in [-0.39, 0.29) is 12.7 Å². The molecular weight excluding hydrogens is 378 g/mol. The fraction of sp³-hybridized carbons (Fsp3) is 0.200. The Morgan fingerprint density at radius 3 is 2.43 bits per heavy atom. The van der Waals surface area contributed by atoms with Crippen LogP contribution in [0.5, 0.6) is 11.5 Å². The lowest BCUT2D eigenvalue weighted by Gasteiger charge is -2.13. The average molecular weight is 403 g/mol. The minimum Gasteiger partial charge on any atom is -0.491 e. The van der Waals surface area contributed by atoms with E-state index in [0.717, 1.165) is 33.7 Å². The van der Waals surface area contributed by atoms with Crippen LogP contribution >= 0.6 is 0 Å². The summed E-state index contributed by atoms with van der Waals surface area (Å²) >= 11 is 0. The molecule has 30 heavy (non-hydrogen) atoms. The number of hydrogen-bond acceptors (Lipinski definition) is 4. The second-order valence-electron chi connectivity index (χ2n) is 7.20. The molecule has 0 bridgehead atoms. The molecule has 1 N–H and O–H groups in total. The van der Waals surface area contributed by atoms with Crippen LogP contribution in [0.25, 0.3) is 11.1 Å². The van der Waals surface area contributed by atoms with E-state index in [0.29, 0.717) is 5.75 Å². The average Bonchev–Trinajstić information content (AvgIpc) is 2.71. The van der Waals surface area contributed by atoms with E-state index in [9.17, 15) is 4.79 Å². The number of carboxylic acids is 1. The molecule has 0 aromatic heterocycles. The van der Waals surface area contributed by atoms with Crippen LogP contribution in [0.1, 0.15) is 25.0 Å². The first-order valence-corrected chi connectivity index (χ1v) is 9.77. The highest BCUT2D eigenvalue weighted by Crippen LogP contribution is 2.28. The Hall–Kier alpha value is -3.60. The molecule has 154 valence electrons. The van der Waals surface area contributed by atoms with Gasteiger partial charge < -0.3 is 14.6 Å². The Balaban J connectivity index is 1.73. The first kappa shape index (κ1) is 21.1. The standard InChI is InChI=1S/C25H25NO4/c1-17(2)30-23-11-12-24(18(3)13-23)20-6-4-5-19(14-20)15-26-21-7-9-22(10-8-21)29-16-25(27)28/h4-15,17H,16H2,1-3H3,(H,27,28). The Morgan fingerprint density at radius 2 is 1.77 bits per heavy atom. The van der Waals surface area contributed by atoms with E-state index in [2.05, 4.69) is 36.2 Å². The maximum Gasteiger partial charge on any atom is 0.341 e. The number of aliphatic imine (C=N–C) groups is 1. The largest absolute Gasteiger partial charge is 0.491 e. The number of carboxylic acid groups (broad SMARTS) is 1. The van der Waals surface area contributed by atoms with E-state index in [1.807, 2.05) is 38.3 Å². The van der Waals surface area contributed by atoms with Gasteiger partial charge in [-0.05, 0) is 85.5 Å². The van der Waals surface area contributed by atoms with Crippen molar-refractivity contribution < 1.29 is 19.4 Å². The van der Waals surface area contributed by atoms with E-state index >= 15 is 0 Å².